The van der Waals surface area contributed by atoms with Gasteiger partial charge < -0.3 is 10.1 Å². The summed E-state index contributed by atoms with van der Waals surface area (Å²) in [7, 11) is 0. The molecular weight excluding hydrogens is 188 g/mol. The lowest BCUT2D eigenvalue weighted by Gasteiger charge is -2.17. The topological polar surface area (TPSA) is 45.0 Å². The zero-order chi connectivity index (χ0) is 10.7. The van der Waals surface area contributed by atoms with Crippen LogP contribution in [0, 0.1) is 11.3 Å². The van der Waals surface area contributed by atoms with Crippen molar-refractivity contribution in [3.8, 4) is 6.07 Å². The summed E-state index contributed by atoms with van der Waals surface area (Å²) in [6, 6.07) is 10.0. The van der Waals surface area contributed by atoms with Crippen molar-refractivity contribution in [3.63, 3.8) is 0 Å². The smallest absolute Gasteiger partial charge is 0.0992 e. The lowest BCUT2D eigenvalue weighted by atomic mass is 10.1. The van der Waals surface area contributed by atoms with E-state index in [4.69, 9.17) is 10.00 Å². The fourth-order valence-corrected chi connectivity index (χ4v) is 1.81. The number of nitriles is 1. The van der Waals surface area contributed by atoms with Crippen LogP contribution in [0.5, 0.6) is 0 Å². The first kappa shape index (κ1) is 10.0. The molecule has 78 valence electrons. The first-order valence-corrected chi connectivity index (χ1v) is 5.18. The monoisotopic (exact) mass is 202 g/mol. The first-order valence-electron chi connectivity index (χ1n) is 5.18. The van der Waals surface area contributed by atoms with Crippen molar-refractivity contribution in [1.29, 1.82) is 5.26 Å². The summed E-state index contributed by atoms with van der Waals surface area (Å²) in [6.45, 7) is 2.88. The van der Waals surface area contributed by atoms with Crippen molar-refractivity contribution in [2.24, 2.45) is 0 Å². The first-order chi connectivity index (χ1) is 7.29. The standard InChI is InChI=1S/C12H14N2O/c1-9-12(5-6-15-9)14-11-4-2-3-10(7-11)8-13/h2-4,7,9,12,14H,5-6H2,1H3/t9-,12+/m0/s1. The maximum absolute atomic E-state index is 8.77. The summed E-state index contributed by atoms with van der Waals surface area (Å²) in [5, 5.41) is 12.2. The molecule has 2 atom stereocenters. The summed E-state index contributed by atoms with van der Waals surface area (Å²) >= 11 is 0. The van der Waals surface area contributed by atoms with Crippen LogP contribution in [-0.4, -0.2) is 18.8 Å². The van der Waals surface area contributed by atoms with Crippen LogP contribution < -0.4 is 5.32 Å². The van der Waals surface area contributed by atoms with Crippen LogP contribution >= 0.6 is 0 Å². The highest BCUT2D eigenvalue weighted by Gasteiger charge is 2.23. The largest absolute Gasteiger partial charge is 0.380 e. The van der Waals surface area contributed by atoms with E-state index in [1.54, 1.807) is 6.07 Å². The second-order valence-corrected chi connectivity index (χ2v) is 3.81. The highest BCUT2D eigenvalue weighted by molar-refractivity contribution is 5.50. The van der Waals surface area contributed by atoms with E-state index in [-0.39, 0.29) is 6.10 Å². The van der Waals surface area contributed by atoms with E-state index in [1.165, 1.54) is 0 Å². The molecule has 1 N–H and O–H groups in total. The molecule has 0 radical (unpaired) electrons. The van der Waals surface area contributed by atoms with E-state index >= 15 is 0 Å². The van der Waals surface area contributed by atoms with Crippen molar-refractivity contribution < 1.29 is 4.74 Å². The summed E-state index contributed by atoms with van der Waals surface area (Å²) in [5.41, 5.74) is 1.68. The van der Waals surface area contributed by atoms with Crippen molar-refractivity contribution in [1.82, 2.24) is 0 Å². The molecule has 1 aliphatic rings. The molecule has 1 aromatic rings. The Bertz CT molecular complexity index is 383. The van der Waals surface area contributed by atoms with Gasteiger partial charge in [-0.2, -0.15) is 5.26 Å². The average Bonchev–Trinajstić information content (AvgIpc) is 2.65. The van der Waals surface area contributed by atoms with Gasteiger partial charge in [0.2, 0.25) is 0 Å². The SMILES string of the molecule is C[C@@H]1OCC[C@H]1Nc1cccc(C#N)c1. The van der Waals surface area contributed by atoms with Gasteiger partial charge in [0, 0.05) is 12.3 Å². The fourth-order valence-electron chi connectivity index (χ4n) is 1.81. The molecule has 3 heteroatoms. The maximum atomic E-state index is 8.77. The van der Waals surface area contributed by atoms with Crippen molar-refractivity contribution in [2.75, 3.05) is 11.9 Å². The van der Waals surface area contributed by atoms with E-state index in [2.05, 4.69) is 18.3 Å². The fraction of sp³-hybridized carbons (Fsp3) is 0.417. The summed E-state index contributed by atoms with van der Waals surface area (Å²) in [4.78, 5) is 0. The quantitative estimate of drug-likeness (QED) is 0.799. The number of ether oxygens (including phenoxy) is 1. The van der Waals surface area contributed by atoms with Gasteiger partial charge in [-0.05, 0) is 31.5 Å². The Morgan fingerprint density at radius 3 is 3.07 bits per heavy atom. The number of benzene rings is 1. The van der Waals surface area contributed by atoms with Crippen molar-refractivity contribution in [2.45, 2.75) is 25.5 Å². The Labute approximate surface area is 89.7 Å². The van der Waals surface area contributed by atoms with Gasteiger partial charge in [0.15, 0.2) is 0 Å². The molecule has 0 aromatic heterocycles. The van der Waals surface area contributed by atoms with Gasteiger partial charge in [0.1, 0.15) is 0 Å². The number of rotatable bonds is 2. The minimum absolute atomic E-state index is 0.246. The number of anilines is 1. The molecule has 0 saturated carbocycles. The molecule has 1 fully saturated rings. The minimum Gasteiger partial charge on any atom is -0.380 e. The second-order valence-electron chi connectivity index (χ2n) is 3.81. The summed E-state index contributed by atoms with van der Waals surface area (Å²) in [6.07, 6.45) is 1.27. The average molecular weight is 202 g/mol. The molecule has 15 heavy (non-hydrogen) atoms. The predicted octanol–water partition coefficient (Wildman–Crippen LogP) is 2.15. The molecule has 1 aliphatic heterocycles. The lowest BCUT2D eigenvalue weighted by molar-refractivity contribution is 0.121. The van der Waals surface area contributed by atoms with Gasteiger partial charge in [-0.1, -0.05) is 6.07 Å². The third-order valence-corrected chi connectivity index (χ3v) is 2.72. The Balaban J connectivity index is 2.07. The van der Waals surface area contributed by atoms with Crippen LogP contribution in [0.1, 0.15) is 18.9 Å². The Kier molecular flexibility index (Phi) is 2.89. The molecule has 0 unspecified atom stereocenters. The van der Waals surface area contributed by atoms with Crippen molar-refractivity contribution >= 4 is 5.69 Å². The van der Waals surface area contributed by atoms with E-state index in [0.29, 0.717) is 11.6 Å². The molecule has 0 amide bonds. The van der Waals surface area contributed by atoms with Crippen molar-refractivity contribution in [3.05, 3.63) is 29.8 Å². The van der Waals surface area contributed by atoms with Gasteiger partial charge in [0.25, 0.3) is 0 Å². The molecular formula is C12H14N2O. The van der Waals surface area contributed by atoms with Gasteiger partial charge >= 0.3 is 0 Å². The van der Waals surface area contributed by atoms with Crippen LogP contribution in [0.2, 0.25) is 0 Å². The third kappa shape index (κ3) is 2.28. The molecule has 1 aromatic carbocycles. The Hall–Kier alpha value is -1.53. The Morgan fingerprint density at radius 1 is 1.53 bits per heavy atom. The number of hydrogen-bond acceptors (Lipinski definition) is 3. The maximum Gasteiger partial charge on any atom is 0.0992 e. The molecule has 0 bridgehead atoms. The predicted molar refractivity (Wildman–Crippen MR) is 58.6 cm³/mol. The molecule has 0 aliphatic carbocycles. The molecule has 1 heterocycles. The highest BCUT2D eigenvalue weighted by Crippen LogP contribution is 2.19. The van der Waals surface area contributed by atoms with Crippen LogP contribution in [0.4, 0.5) is 5.69 Å². The lowest BCUT2D eigenvalue weighted by Crippen LogP contribution is -2.26. The zero-order valence-electron chi connectivity index (χ0n) is 8.73. The normalized spacial score (nSPS) is 24.8. The molecule has 1 saturated heterocycles. The van der Waals surface area contributed by atoms with Gasteiger partial charge in [-0.3, -0.25) is 0 Å². The highest BCUT2D eigenvalue weighted by atomic mass is 16.5. The Morgan fingerprint density at radius 2 is 2.40 bits per heavy atom. The van der Waals surface area contributed by atoms with Crippen LogP contribution in [0.15, 0.2) is 24.3 Å². The number of nitrogens with one attached hydrogen (secondary N) is 1. The van der Waals surface area contributed by atoms with E-state index in [0.717, 1.165) is 18.7 Å². The van der Waals surface area contributed by atoms with E-state index in [1.807, 2.05) is 18.2 Å². The van der Waals surface area contributed by atoms with Crippen LogP contribution in [-0.2, 0) is 4.74 Å². The van der Waals surface area contributed by atoms with Gasteiger partial charge in [-0.25, -0.2) is 0 Å². The molecule has 2 rings (SSSR count). The number of nitrogens with zero attached hydrogens (tertiary/aromatic N) is 1. The second kappa shape index (κ2) is 4.33. The summed E-state index contributed by atoms with van der Waals surface area (Å²) in [5.74, 6) is 0. The minimum atomic E-state index is 0.246. The van der Waals surface area contributed by atoms with Gasteiger partial charge in [-0.15, -0.1) is 0 Å². The summed E-state index contributed by atoms with van der Waals surface area (Å²) < 4.78 is 5.47. The zero-order valence-corrected chi connectivity index (χ0v) is 8.73. The van der Waals surface area contributed by atoms with Crippen LogP contribution in [0.25, 0.3) is 0 Å². The van der Waals surface area contributed by atoms with Crippen LogP contribution in [0.3, 0.4) is 0 Å². The van der Waals surface area contributed by atoms with Gasteiger partial charge in [0.05, 0.1) is 23.8 Å². The third-order valence-electron chi connectivity index (χ3n) is 2.72. The molecule has 0 spiro atoms. The van der Waals surface area contributed by atoms with E-state index in [9.17, 15) is 0 Å². The van der Waals surface area contributed by atoms with E-state index < -0.39 is 0 Å². The molecule has 3 nitrogen and oxygen atoms in total. The number of hydrogen-bond donors (Lipinski definition) is 1.